The van der Waals surface area contributed by atoms with Gasteiger partial charge in [0.15, 0.2) is 0 Å². The van der Waals surface area contributed by atoms with Crippen LogP contribution in [0.25, 0.3) is 0 Å². The highest BCUT2D eigenvalue weighted by atomic mass is 16.5. The molecule has 0 aromatic heterocycles. The third-order valence-corrected chi connectivity index (χ3v) is 7.63. The zero-order valence-electron chi connectivity index (χ0n) is 20.4. The van der Waals surface area contributed by atoms with Gasteiger partial charge in [-0.3, -0.25) is 4.79 Å². The molecular formula is C31H32N2O3. The molecule has 0 saturated carbocycles. The molecule has 0 spiro atoms. The molecular weight excluding hydrogens is 448 g/mol. The van der Waals surface area contributed by atoms with E-state index in [1.54, 1.807) is 0 Å². The molecule has 4 unspecified atom stereocenters. The summed E-state index contributed by atoms with van der Waals surface area (Å²) in [5, 5.41) is 6.83. The van der Waals surface area contributed by atoms with Crippen molar-refractivity contribution in [1.82, 2.24) is 5.32 Å². The fourth-order valence-corrected chi connectivity index (χ4v) is 5.69. The SMILES string of the molecule is O=C(NCC1CCCO1)c1ccc2c(c1)C1C=CCC1C(c1ccc(OCc3ccccc3)cc1)N2. The van der Waals surface area contributed by atoms with Crippen LogP contribution in [0.3, 0.4) is 0 Å². The number of carbonyl (C=O) groups excluding carboxylic acids is 1. The van der Waals surface area contributed by atoms with Crippen LogP contribution in [0.4, 0.5) is 5.69 Å². The number of carbonyl (C=O) groups is 1. The van der Waals surface area contributed by atoms with E-state index in [0.29, 0.717) is 30.6 Å². The first kappa shape index (κ1) is 22.9. The number of hydrogen-bond donors (Lipinski definition) is 2. The summed E-state index contributed by atoms with van der Waals surface area (Å²) < 4.78 is 11.6. The van der Waals surface area contributed by atoms with E-state index in [1.807, 2.05) is 24.3 Å². The third-order valence-electron chi connectivity index (χ3n) is 7.63. The quantitative estimate of drug-likeness (QED) is 0.407. The maximum Gasteiger partial charge on any atom is 0.251 e. The van der Waals surface area contributed by atoms with Gasteiger partial charge in [-0.15, -0.1) is 0 Å². The minimum absolute atomic E-state index is 0.0277. The van der Waals surface area contributed by atoms with Gasteiger partial charge < -0.3 is 20.1 Å². The molecule has 1 amide bonds. The summed E-state index contributed by atoms with van der Waals surface area (Å²) in [6.07, 6.45) is 7.84. The summed E-state index contributed by atoms with van der Waals surface area (Å²) in [5.41, 5.74) is 5.44. The zero-order valence-corrected chi connectivity index (χ0v) is 20.4. The minimum Gasteiger partial charge on any atom is -0.489 e. The van der Waals surface area contributed by atoms with Crippen LogP contribution in [0.2, 0.25) is 0 Å². The summed E-state index contributed by atoms with van der Waals surface area (Å²) in [7, 11) is 0. The Labute approximate surface area is 212 Å². The van der Waals surface area contributed by atoms with Gasteiger partial charge >= 0.3 is 0 Å². The molecule has 6 rings (SSSR count). The van der Waals surface area contributed by atoms with E-state index < -0.39 is 0 Å². The number of hydrogen-bond acceptors (Lipinski definition) is 4. The Bertz CT molecular complexity index is 1230. The maximum atomic E-state index is 12.8. The Balaban J connectivity index is 1.15. The lowest BCUT2D eigenvalue weighted by Gasteiger charge is -2.37. The van der Waals surface area contributed by atoms with Crippen molar-refractivity contribution in [3.63, 3.8) is 0 Å². The van der Waals surface area contributed by atoms with Crippen molar-refractivity contribution in [2.75, 3.05) is 18.5 Å². The van der Waals surface area contributed by atoms with E-state index in [-0.39, 0.29) is 18.1 Å². The molecule has 0 bridgehead atoms. The Morgan fingerprint density at radius 2 is 1.92 bits per heavy atom. The second kappa shape index (κ2) is 10.2. The van der Waals surface area contributed by atoms with Crippen LogP contribution in [0.15, 0.2) is 84.9 Å². The van der Waals surface area contributed by atoms with Crippen molar-refractivity contribution in [3.05, 3.63) is 107 Å². The highest BCUT2D eigenvalue weighted by molar-refractivity contribution is 5.95. The average molecular weight is 481 g/mol. The second-order valence-corrected chi connectivity index (χ2v) is 9.97. The smallest absolute Gasteiger partial charge is 0.251 e. The van der Waals surface area contributed by atoms with Gasteiger partial charge in [-0.05, 0) is 72.2 Å². The monoisotopic (exact) mass is 480 g/mol. The molecule has 2 heterocycles. The van der Waals surface area contributed by atoms with Crippen LogP contribution in [0.5, 0.6) is 5.75 Å². The molecule has 4 atom stereocenters. The van der Waals surface area contributed by atoms with Crippen LogP contribution in [0, 0.1) is 5.92 Å². The van der Waals surface area contributed by atoms with E-state index in [0.717, 1.165) is 42.9 Å². The fourth-order valence-electron chi connectivity index (χ4n) is 5.69. The summed E-state index contributed by atoms with van der Waals surface area (Å²) in [6, 6.07) is 24.9. The molecule has 3 aliphatic rings. The van der Waals surface area contributed by atoms with E-state index >= 15 is 0 Å². The summed E-state index contributed by atoms with van der Waals surface area (Å²) in [5.74, 6) is 1.56. The van der Waals surface area contributed by atoms with Crippen molar-refractivity contribution in [1.29, 1.82) is 0 Å². The molecule has 0 radical (unpaired) electrons. The first-order valence-electron chi connectivity index (χ1n) is 13.0. The average Bonchev–Trinajstić information content (AvgIpc) is 3.64. The first-order valence-corrected chi connectivity index (χ1v) is 13.0. The third kappa shape index (κ3) is 4.76. The number of allylic oxidation sites excluding steroid dienone is 2. The van der Waals surface area contributed by atoms with Gasteiger partial charge in [0, 0.05) is 30.3 Å². The highest BCUT2D eigenvalue weighted by Crippen LogP contribution is 2.50. The van der Waals surface area contributed by atoms with Crippen molar-refractivity contribution < 1.29 is 14.3 Å². The molecule has 36 heavy (non-hydrogen) atoms. The van der Waals surface area contributed by atoms with Gasteiger partial charge in [0.2, 0.25) is 0 Å². The standard InChI is InChI=1S/C31H32N2O3/c34-31(32-19-25-8-5-17-35-25)23-13-16-29-28(18-23)26-9-4-10-27(26)30(33-29)22-11-14-24(15-12-22)36-20-21-6-2-1-3-7-21/h1-4,6-7,9,11-16,18,25-27,30,33H,5,8,10,17,19-20H2,(H,32,34). The van der Waals surface area contributed by atoms with E-state index in [1.165, 1.54) is 11.1 Å². The van der Waals surface area contributed by atoms with Gasteiger partial charge in [0.05, 0.1) is 12.1 Å². The predicted octanol–water partition coefficient (Wildman–Crippen LogP) is 6.00. The van der Waals surface area contributed by atoms with E-state index in [2.05, 4.69) is 71.3 Å². The van der Waals surface area contributed by atoms with Crippen LogP contribution < -0.4 is 15.4 Å². The van der Waals surface area contributed by atoms with Crippen molar-refractivity contribution in [3.8, 4) is 5.75 Å². The molecule has 1 saturated heterocycles. The number of anilines is 1. The maximum absolute atomic E-state index is 12.8. The topological polar surface area (TPSA) is 59.6 Å². The molecule has 1 fully saturated rings. The number of rotatable bonds is 7. The van der Waals surface area contributed by atoms with Gasteiger partial charge in [-0.25, -0.2) is 0 Å². The van der Waals surface area contributed by atoms with Gasteiger partial charge in [-0.2, -0.15) is 0 Å². The Kier molecular flexibility index (Phi) is 6.48. The molecule has 184 valence electrons. The van der Waals surface area contributed by atoms with Gasteiger partial charge in [0.25, 0.3) is 5.91 Å². The van der Waals surface area contributed by atoms with Gasteiger partial charge in [-0.1, -0.05) is 54.6 Å². The van der Waals surface area contributed by atoms with Crippen molar-refractivity contribution >= 4 is 11.6 Å². The van der Waals surface area contributed by atoms with E-state index in [9.17, 15) is 4.79 Å². The number of nitrogens with one attached hydrogen (secondary N) is 2. The normalized spacial score (nSPS) is 24.0. The number of ether oxygens (including phenoxy) is 2. The van der Waals surface area contributed by atoms with Crippen LogP contribution >= 0.6 is 0 Å². The number of fused-ring (bicyclic) bond motifs is 3. The zero-order chi connectivity index (χ0) is 24.3. The molecule has 1 aliphatic carbocycles. The number of benzene rings is 3. The molecule has 2 aliphatic heterocycles. The molecule has 3 aromatic carbocycles. The molecule has 3 aromatic rings. The second-order valence-electron chi connectivity index (χ2n) is 9.97. The summed E-state index contributed by atoms with van der Waals surface area (Å²) in [4.78, 5) is 12.8. The number of amides is 1. The van der Waals surface area contributed by atoms with E-state index in [4.69, 9.17) is 9.47 Å². The predicted molar refractivity (Wildman–Crippen MR) is 141 cm³/mol. The van der Waals surface area contributed by atoms with Crippen LogP contribution in [-0.2, 0) is 11.3 Å². The minimum atomic E-state index is -0.0277. The highest BCUT2D eigenvalue weighted by Gasteiger charge is 2.38. The Morgan fingerprint density at radius 3 is 2.72 bits per heavy atom. The van der Waals surface area contributed by atoms with Crippen LogP contribution in [-0.4, -0.2) is 25.2 Å². The molecule has 2 N–H and O–H groups in total. The summed E-state index contributed by atoms with van der Waals surface area (Å²) >= 11 is 0. The lowest BCUT2D eigenvalue weighted by molar-refractivity contribution is 0.0857. The molecule has 5 nitrogen and oxygen atoms in total. The fraction of sp³-hybridized carbons (Fsp3) is 0.323. The summed E-state index contributed by atoms with van der Waals surface area (Å²) in [6.45, 7) is 1.94. The van der Waals surface area contributed by atoms with Crippen molar-refractivity contribution in [2.45, 2.75) is 43.9 Å². The Morgan fingerprint density at radius 1 is 1.06 bits per heavy atom. The van der Waals surface area contributed by atoms with Crippen molar-refractivity contribution in [2.24, 2.45) is 5.92 Å². The lowest BCUT2D eigenvalue weighted by atomic mass is 9.76. The first-order chi connectivity index (χ1) is 17.7. The van der Waals surface area contributed by atoms with Gasteiger partial charge in [0.1, 0.15) is 12.4 Å². The Hall–Kier alpha value is -3.57. The molecule has 5 heteroatoms. The van der Waals surface area contributed by atoms with Crippen LogP contribution in [0.1, 0.15) is 58.3 Å². The lowest BCUT2D eigenvalue weighted by Crippen LogP contribution is -2.32. The largest absolute Gasteiger partial charge is 0.489 e.